The van der Waals surface area contributed by atoms with Gasteiger partial charge in [0.2, 0.25) is 0 Å². The highest BCUT2D eigenvalue weighted by atomic mass is 16.5. The molecule has 0 aliphatic carbocycles. The van der Waals surface area contributed by atoms with Crippen LogP contribution in [-0.4, -0.2) is 21.6 Å². The Labute approximate surface area is 118 Å². The molecule has 0 amide bonds. The predicted molar refractivity (Wildman–Crippen MR) is 75.4 cm³/mol. The normalized spacial score (nSPS) is 10.2. The molecule has 0 atom stereocenters. The molecule has 5 heteroatoms. The van der Waals surface area contributed by atoms with E-state index in [0.717, 1.165) is 24.3 Å². The summed E-state index contributed by atoms with van der Waals surface area (Å²) < 4.78 is 7.43. The van der Waals surface area contributed by atoms with Gasteiger partial charge in [-0.25, -0.2) is 4.68 Å². The molecule has 0 spiro atoms. The molecular weight excluding hydrogens is 252 g/mol. The number of nitriles is 1. The molecule has 1 aromatic carbocycles. The van der Waals surface area contributed by atoms with E-state index in [0.29, 0.717) is 18.8 Å². The second kappa shape index (κ2) is 6.71. The van der Waals surface area contributed by atoms with Gasteiger partial charge in [0.05, 0.1) is 12.2 Å². The van der Waals surface area contributed by atoms with Crippen LogP contribution in [-0.2, 0) is 13.0 Å². The molecule has 104 valence electrons. The molecule has 0 N–H and O–H groups in total. The third-order valence-electron chi connectivity index (χ3n) is 3.02. The van der Waals surface area contributed by atoms with E-state index >= 15 is 0 Å². The molecule has 0 aliphatic rings. The SMILES string of the molecule is CCCc1c(C#N)nnn1CCOc1ccc(C)cc1. The summed E-state index contributed by atoms with van der Waals surface area (Å²) in [5, 5.41) is 16.9. The molecule has 0 bridgehead atoms. The van der Waals surface area contributed by atoms with Gasteiger partial charge >= 0.3 is 0 Å². The van der Waals surface area contributed by atoms with Crippen LogP contribution in [0.3, 0.4) is 0 Å². The monoisotopic (exact) mass is 270 g/mol. The van der Waals surface area contributed by atoms with Crippen LogP contribution in [0.2, 0.25) is 0 Å². The van der Waals surface area contributed by atoms with Gasteiger partial charge in [-0.15, -0.1) is 5.10 Å². The minimum Gasteiger partial charge on any atom is -0.492 e. The van der Waals surface area contributed by atoms with Gasteiger partial charge in [-0.3, -0.25) is 0 Å². The van der Waals surface area contributed by atoms with E-state index in [2.05, 4.69) is 23.3 Å². The average molecular weight is 270 g/mol. The molecule has 20 heavy (non-hydrogen) atoms. The van der Waals surface area contributed by atoms with Crippen LogP contribution in [0, 0.1) is 18.3 Å². The third-order valence-corrected chi connectivity index (χ3v) is 3.02. The number of benzene rings is 1. The zero-order chi connectivity index (χ0) is 14.4. The maximum Gasteiger partial charge on any atom is 0.185 e. The summed E-state index contributed by atoms with van der Waals surface area (Å²) in [6.45, 7) is 5.22. The molecule has 0 saturated heterocycles. The number of hydrogen-bond donors (Lipinski definition) is 0. The van der Waals surface area contributed by atoms with Crippen LogP contribution in [0.25, 0.3) is 0 Å². The first-order valence-electron chi connectivity index (χ1n) is 6.76. The maximum absolute atomic E-state index is 8.99. The smallest absolute Gasteiger partial charge is 0.185 e. The lowest BCUT2D eigenvalue weighted by Crippen LogP contribution is -2.12. The van der Waals surface area contributed by atoms with Crippen molar-refractivity contribution >= 4 is 0 Å². The Hall–Kier alpha value is -2.35. The van der Waals surface area contributed by atoms with Crippen molar-refractivity contribution in [3.8, 4) is 11.8 Å². The number of aryl methyl sites for hydroxylation is 1. The zero-order valence-electron chi connectivity index (χ0n) is 11.8. The first-order chi connectivity index (χ1) is 9.74. The number of hydrogen-bond acceptors (Lipinski definition) is 4. The minimum absolute atomic E-state index is 0.419. The lowest BCUT2D eigenvalue weighted by atomic mass is 10.2. The van der Waals surface area contributed by atoms with Gasteiger partial charge in [0.25, 0.3) is 0 Å². The second-order valence-corrected chi connectivity index (χ2v) is 4.63. The van der Waals surface area contributed by atoms with Crippen molar-refractivity contribution in [3.63, 3.8) is 0 Å². The van der Waals surface area contributed by atoms with Crippen molar-refractivity contribution in [2.75, 3.05) is 6.61 Å². The van der Waals surface area contributed by atoms with Crippen molar-refractivity contribution in [2.45, 2.75) is 33.2 Å². The van der Waals surface area contributed by atoms with E-state index in [-0.39, 0.29) is 0 Å². The largest absolute Gasteiger partial charge is 0.492 e. The fourth-order valence-electron chi connectivity index (χ4n) is 1.97. The molecule has 2 rings (SSSR count). The average Bonchev–Trinajstić information content (AvgIpc) is 2.84. The Morgan fingerprint density at radius 2 is 2.05 bits per heavy atom. The Bertz CT molecular complexity index is 595. The van der Waals surface area contributed by atoms with E-state index in [1.807, 2.05) is 31.2 Å². The van der Waals surface area contributed by atoms with Crippen LogP contribution < -0.4 is 4.74 Å². The standard InChI is InChI=1S/C15H18N4O/c1-3-4-15-14(11-16)17-18-19(15)9-10-20-13-7-5-12(2)6-8-13/h5-8H,3-4,9-10H2,1-2H3. The molecule has 0 saturated carbocycles. The number of aromatic nitrogens is 3. The summed E-state index contributed by atoms with van der Waals surface area (Å²) in [4.78, 5) is 0. The molecule has 0 radical (unpaired) electrons. The molecule has 2 aromatic rings. The Morgan fingerprint density at radius 1 is 1.30 bits per heavy atom. The summed E-state index contributed by atoms with van der Waals surface area (Å²) in [6.07, 6.45) is 1.77. The van der Waals surface area contributed by atoms with Crippen LogP contribution in [0.1, 0.15) is 30.3 Å². The van der Waals surface area contributed by atoms with Crippen molar-refractivity contribution in [1.29, 1.82) is 5.26 Å². The fourth-order valence-corrected chi connectivity index (χ4v) is 1.97. The van der Waals surface area contributed by atoms with E-state index in [9.17, 15) is 0 Å². The first-order valence-corrected chi connectivity index (χ1v) is 6.76. The highest BCUT2D eigenvalue weighted by Crippen LogP contribution is 2.12. The van der Waals surface area contributed by atoms with Crippen LogP contribution in [0.15, 0.2) is 24.3 Å². The van der Waals surface area contributed by atoms with E-state index in [1.165, 1.54) is 5.56 Å². The first kappa shape index (κ1) is 14.1. The third kappa shape index (κ3) is 3.35. The highest BCUT2D eigenvalue weighted by Gasteiger charge is 2.11. The molecule has 1 heterocycles. The van der Waals surface area contributed by atoms with Gasteiger partial charge in [-0.05, 0) is 25.5 Å². The Balaban J connectivity index is 1.95. The number of ether oxygens (including phenoxy) is 1. The summed E-state index contributed by atoms with van der Waals surface area (Å²) in [5.74, 6) is 0.841. The van der Waals surface area contributed by atoms with E-state index in [1.54, 1.807) is 4.68 Å². The molecule has 5 nitrogen and oxygen atoms in total. The minimum atomic E-state index is 0.419. The van der Waals surface area contributed by atoms with Crippen LogP contribution >= 0.6 is 0 Å². The second-order valence-electron chi connectivity index (χ2n) is 4.63. The van der Waals surface area contributed by atoms with Crippen molar-refractivity contribution < 1.29 is 4.74 Å². The zero-order valence-corrected chi connectivity index (χ0v) is 11.8. The number of nitrogens with zero attached hydrogens (tertiary/aromatic N) is 4. The topological polar surface area (TPSA) is 63.7 Å². The van der Waals surface area contributed by atoms with Gasteiger partial charge in [0, 0.05) is 0 Å². The summed E-state index contributed by atoms with van der Waals surface area (Å²) in [6, 6.07) is 10.0. The Morgan fingerprint density at radius 3 is 2.70 bits per heavy atom. The Kier molecular flexibility index (Phi) is 4.72. The van der Waals surface area contributed by atoms with Crippen LogP contribution in [0.5, 0.6) is 5.75 Å². The van der Waals surface area contributed by atoms with Gasteiger partial charge in [-0.1, -0.05) is 36.3 Å². The maximum atomic E-state index is 8.99. The van der Waals surface area contributed by atoms with Gasteiger partial charge < -0.3 is 4.74 Å². The number of rotatable bonds is 6. The van der Waals surface area contributed by atoms with Gasteiger partial charge in [0.15, 0.2) is 5.69 Å². The summed E-state index contributed by atoms with van der Waals surface area (Å²) in [5.41, 5.74) is 2.52. The molecular formula is C15H18N4O. The summed E-state index contributed by atoms with van der Waals surface area (Å²) in [7, 11) is 0. The fraction of sp³-hybridized carbons (Fsp3) is 0.400. The van der Waals surface area contributed by atoms with Crippen molar-refractivity contribution in [2.24, 2.45) is 0 Å². The van der Waals surface area contributed by atoms with E-state index < -0.39 is 0 Å². The van der Waals surface area contributed by atoms with E-state index in [4.69, 9.17) is 10.00 Å². The quantitative estimate of drug-likeness (QED) is 0.809. The predicted octanol–water partition coefficient (Wildman–Crippen LogP) is 2.49. The molecule has 1 aromatic heterocycles. The lowest BCUT2D eigenvalue weighted by Gasteiger charge is -2.08. The lowest BCUT2D eigenvalue weighted by molar-refractivity contribution is 0.287. The van der Waals surface area contributed by atoms with Crippen molar-refractivity contribution in [1.82, 2.24) is 15.0 Å². The van der Waals surface area contributed by atoms with Crippen molar-refractivity contribution in [3.05, 3.63) is 41.2 Å². The highest BCUT2D eigenvalue weighted by molar-refractivity contribution is 5.26. The molecule has 0 aliphatic heterocycles. The summed E-state index contributed by atoms with van der Waals surface area (Å²) >= 11 is 0. The van der Waals surface area contributed by atoms with Gasteiger partial charge in [-0.2, -0.15) is 5.26 Å². The molecule has 0 fully saturated rings. The molecule has 0 unspecified atom stereocenters. The van der Waals surface area contributed by atoms with Gasteiger partial charge in [0.1, 0.15) is 18.4 Å². The van der Waals surface area contributed by atoms with Crippen LogP contribution in [0.4, 0.5) is 0 Å².